The number of benzene rings is 2. The number of halogens is 3. The van der Waals surface area contributed by atoms with Crippen LogP contribution in [0.2, 0.25) is 15.1 Å². The Kier molecular flexibility index (Phi) is 6.93. The molecule has 25 heavy (non-hydrogen) atoms. The van der Waals surface area contributed by atoms with E-state index in [2.05, 4.69) is 5.32 Å². The molecule has 0 aliphatic heterocycles. The van der Waals surface area contributed by atoms with Gasteiger partial charge in [0.05, 0.1) is 0 Å². The van der Waals surface area contributed by atoms with Crippen molar-refractivity contribution in [2.75, 3.05) is 11.9 Å². The van der Waals surface area contributed by atoms with Gasteiger partial charge in [-0.05, 0) is 49.4 Å². The summed E-state index contributed by atoms with van der Waals surface area (Å²) in [5.41, 5.74) is 0.405. The second kappa shape index (κ2) is 8.94. The zero-order valence-electron chi connectivity index (χ0n) is 13.1. The van der Waals surface area contributed by atoms with E-state index in [1.54, 1.807) is 24.3 Å². The topological polar surface area (TPSA) is 64.6 Å². The predicted molar refractivity (Wildman–Crippen MR) is 97.6 cm³/mol. The molecule has 1 N–H and O–H groups in total. The number of esters is 1. The summed E-state index contributed by atoms with van der Waals surface area (Å²) in [5, 5.41) is 3.88. The second-order valence-electron chi connectivity index (χ2n) is 5.02. The molecule has 2 aromatic rings. The van der Waals surface area contributed by atoms with Crippen LogP contribution in [0.25, 0.3) is 0 Å². The van der Waals surface area contributed by atoms with Gasteiger partial charge in [-0.25, -0.2) is 4.79 Å². The minimum Gasteiger partial charge on any atom is -0.482 e. The Morgan fingerprint density at radius 1 is 1.00 bits per heavy atom. The molecule has 0 saturated heterocycles. The van der Waals surface area contributed by atoms with Crippen molar-refractivity contribution in [2.24, 2.45) is 0 Å². The normalized spacial score (nSPS) is 11.5. The lowest BCUT2D eigenvalue weighted by Gasteiger charge is -2.14. The number of hydrogen-bond acceptors (Lipinski definition) is 4. The first-order valence-electron chi connectivity index (χ1n) is 7.18. The molecule has 0 radical (unpaired) electrons. The van der Waals surface area contributed by atoms with E-state index in [-0.39, 0.29) is 6.61 Å². The SMILES string of the molecule is C[C@@H](OC(=O)COc1ccc(Cl)cc1)C(=O)Nc1cc(Cl)cc(Cl)c1. The van der Waals surface area contributed by atoms with Crippen LogP contribution in [0.4, 0.5) is 5.69 Å². The van der Waals surface area contributed by atoms with Crippen molar-refractivity contribution in [2.45, 2.75) is 13.0 Å². The number of amides is 1. The molecule has 5 nitrogen and oxygen atoms in total. The van der Waals surface area contributed by atoms with E-state index in [0.29, 0.717) is 26.5 Å². The van der Waals surface area contributed by atoms with Gasteiger partial charge in [0.1, 0.15) is 5.75 Å². The minimum atomic E-state index is -1.01. The molecule has 2 aromatic carbocycles. The van der Waals surface area contributed by atoms with Crippen molar-refractivity contribution in [1.82, 2.24) is 0 Å². The van der Waals surface area contributed by atoms with E-state index in [4.69, 9.17) is 44.3 Å². The molecule has 1 amide bonds. The molecule has 0 aromatic heterocycles. The lowest BCUT2D eigenvalue weighted by molar-refractivity contribution is -0.155. The summed E-state index contributed by atoms with van der Waals surface area (Å²) in [6.07, 6.45) is -1.01. The standard InChI is InChI=1S/C17H14Cl3NO4/c1-10(17(23)21-14-7-12(19)6-13(20)8-14)25-16(22)9-24-15-4-2-11(18)3-5-15/h2-8,10H,9H2,1H3,(H,21,23)/t10-/m1/s1. The number of rotatable bonds is 6. The lowest BCUT2D eigenvalue weighted by Crippen LogP contribution is -2.31. The zero-order valence-corrected chi connectivity index (χ0v) is 15.4. The predicted octanol–water partition coefficient (Wildman–Crippen LogP) is 4.60. The molecule has 0 spiro atoms. The largest absolute Gasteiger partial charge is 0.482 e. The molecular formula is C17H14Cl3NO4. The highest BCUT2D eigenvalue weighted by atomic mass is 35.5. The summed E-state index contributed by atoms with van der Waals surface area (Å²) >= 11 is 17.5. The summed E-state index contributed by atoms with van der Waals surface area (Å²) in [7, 11) is 0. The first kappa shape index (κ1) is 19.4. The van der Waals surface area contributed by atoms with Crippen LogP contribution in [0, 0.1) is 0 Å². The van der Waals surface area contributed by atoms with Crippen molar-refractivity contribution >= 4 is 52.4 Å². The molecule has 0 aliphatic rings. The van der Waals surface area contributed by atoms with Gasteiger partial charge >= 0.3 is 5.97 Å². The van der Waals surface area contributed by atoms with Gasteiger partial charge in [0, 0.05) is 20.8 Å². The summed E-state index contributed by atoms with van der Waals surface area (Å²) in [6.45, 7) is 1.12. The Balaban J connectivity index is 1.83. The van der Waals surface area contributed by atoms with Crippen LogP contribution in [0.5, 0.6) is 5.75 Å². The highest BCUT2D eigenvalue weighted by Gasteiger charge is 2.18. The van der Waals surface area contributed by atoms with Gasteiger partial charge in [0.25, 0.3) is 5.91 Å². The molecule has 8 heteroatoms. The van der Waals surface area contributed by atoms with E-state index in [1.165, 1.54) is 25.1 Å². The average molecular weight is 403 g/mol. The fourth-order valence-electron chi connectivity index (χ4n) is 1.83. The van der Waals surface area contributed by atoms with Gasteiger partial charge in [0.2, 0.25) is 0 Å². The van der Waals surface area contributed by atoms with Crippen LogP contribution in [-0.2, 0) is 14.3 Å². The monoisotopic (exact) mass is 401 g/mol. The first-order valence-corrected chi connectivity index (χ1v) is 8.31. The maximum atomic E-state index is 12.1. The van der Waals surface area contributed by atoms with E-state index >= 15 is 0 Å². The quantitative estimate of drug-likeness (QED) is 0.717. The first-order chi connectivity index (χ1) is 11.8. The van der Waals surface area contributed by atoms with E-state index in [9.17, 15) is 9.59 Å². The van der Waals surface area contributed by atoms with E-state index < -0.39 is 18.0 Å². The van der Waals surface area contributed by atoms with Gasteiger partial charge in [-0.2, -0.15) is 0 Å². The third-order valence-corrected chi connectivity index (χ3v) is 3.67. The van der Waals surface area contributed by atoms with Crippen LogP contribution in [0.15, 0.2) is 42.5 Å². The Hall–Kier alpha value is -1.95. The maximum absolute atomic E-state index is 12.1. The molecule has 0 aliphatic carbocycles. The molecule has 0 bridgehead atoms. The average Bonchev–Trinajstić information content (AvgIpc) is 2.53. The van der Waals surface area contributed by atoms with Crippen molar-refractivity contribution in [3.8, 4) is 5.75 Å². The maximum Gasteiger partial charge on any atom is 0.344 e. The Labute approximate surface area is 159 Å². The van der Waals surface area contributed by atoms with Crippen LogP contribution in [0.1, 0.15) is 6.92 Å². The summed E-state index contributed by atoms with van der Waals surface area (Å²) < 4.78 is 10.3. The van der Waals surface area contributed by atoms with Gasteiger partial charge in [-0.3, -0.25) is 4.79 Å². The summed E-state index contributed by atoms with van der Waals surface area (Å²) in [4.78, 5) is 23.8. The molecule has 0 heterocycles. The van der Waals surface area contributed by atoms with Crippen LogP contribution >= 0.6 is 34.8 Å². The number of anilines is 1. The van der Waals surface area contributed by atoms with Crippen molar-refractivity contribution in [3.05, 3.63) is 57.5 Å². The molecule has 2 rings (SSSR count). The fraction of sp³-hybridized carbons (Fsp3) is 0.176. The number of ether oxygens (including phenoxy) is 2. The molecule has 132 valence electrons. The molecule has 0 unspecified atom stereocenters. The van der Waals surface area contributed by atoms with Gasteiger partial charge in [0.15, 0.2) is 12.7 Å². The Bertz CT molecular complexity index is 745. The Morgan fingerprint density at radius 2 is 1.60 bits per heavy atom. The van der Waals surface area contributed by atoms with Crippen molar-refractivity contribution in [1.29, 1.82) is 0 Å². The van der Waals surface area contributed by atoms with Crippen LogP contribution < -0.4 is 10.1 Å². The molecule has 0 fully saturated rings. The van der Waals surface area contributed by atoms with E-state index in [0.717, 1.165) is 0 Å². The van der Waals surface area contributed by atoms with Gasteiger partial charge in [-0.1, -0.05) is 34.8 Å². The lowest BCUT2D eigenvalue weighted by atomic mass is 10.3. The zero-order chi connectivity index (χ0) is 18.4. The van der Waals surface area contributed by atoms with Crippen molar-refractivity contribution < 1.29 is 19.1 Å². The van der Waals surface area contributed by atoms with Gasteiger partial charge < -0.3 is 14.8 Å². The molecule has 1 atom stereocenters. The number of hydrogen-bond donors (Lipinski definition) is 1. The Morgan fingerprint density at radius 3 is 2.20 bits per heavy atom. The summed E-state index contributed by atoms with van der Waals surface area (Å²) in [5.74, 6) is -0.730. The third kappa shape index (κ3) is 6.46. The van der Waals surface area contributed by atoms with E-state index in [1.807, 2.05) is 0 Å². The number of nitrogens with one attached hydrogen (secondary N) is 1. The number of carbonyl (C=O) groups is 2. The molecular weight excluding hydrogens is 389 g/mol. The highest BCUT2D eigenvalue weighted by Crippen LogP contribution is 2.22. The highest BCUT2D eigenvalue weighted by molar-refractivity contribution is 6.35. The third-order valence-electron chi connectivity index (χ3n) is 2.98. The fourth-order valence-corrected chi connectivity index (χ4v) is 2.48. The smallest absolute Gasteiger partial charge is 0.344 e. The van der Waals surface area contributed by atoms with Gasteiger partial charge in [-0.15, -0.1) is 0 Å². The van der Waals surface area contributed by atoms with Crippen molar-refractivity contribution in [3.63, 3.8) is 0 Å². The second-order valence-corrected chi connectivity index (χ2v) is 6.33. The minimum absolute atomic E-state index is 0.331. The van der Waals surface area contributed by atoms with Crippen LogP contribution in [-0.4, -0.2) is 24.6 Å². The number of carbonyl (C=O) groups excluding carboxylic acids is 2. The van der Waals surface area contributed by atoms with Crippen LogP contribution in [0.3, 0.4) is 0 Å². The molecule has 0 saturated carbocycles. The summed E-state index contributed by atoms with van der Waals surface area (Å²) in [6, 6.07) is 11.1.